The molecule has 0 radical (unpaired) electrons. The van der Waals surface area contributed by atoms with Gasteiger partial charge in [-0.3, -0.25) is 0 Å². The number of nitrogens with one attached hydrogen (secondary N) is 1. The molecule has 3 heterocycles. The molecule has 3 rings (SSSR count). The Hall–Kier alpha value is -2.18. The molecule has 0 aliphatic carbocycles. The summed E-state index contributed by atoms with van der Waals surface area (Å²) in [4.78, 5) is 12.1. The minimum atomic E-state index is 0.774. The number of pyridine rings is 1. The van der Waals surface area contributed by atoms with Gasteiger partial charge >= 0.3 is 0 Å². The zero-order chi connectivity index (χ0) is 15.2. The van der Waals surface area contributed by atoms with E-state index in [9.17, 15) is 0 Å². The summed E-state index contributed by atoms with van der Waals surface area (Å²) in [6.07, 6.45) is 9.28. The Bertz CT molecular complexity index is 662. The first-order chi connectivity index (χ1) is 10.8. The van der Waals surface area contributed by atoms with Gasteiger partial charge in [-0.25, -0.2) is 9.97 Å². The van der Waals surface area contributed by atoms with Crippen molar-refractivity contribution in [3.05, 3.63) is 48.1 Å². The minimum Gasteiger partial charge on any atom is -0.378 e. The van der Waals surface area contributed by atoms with E-state index in [2.05, 4.69) is 26.8 Å². The van der Waals surface area contributed by atoms with Crippen molar-refractivity contribution in [2.75, 3.05) is 36.5 Å². The standard InChI is InChI=1S/C16H18N4OS/c1-2-3-4-14-12-18-16(22-14)19-15-11-13(5-6-17-15)20-7-9-21-10-8-20/h2-6,11-12H,1,7-10H2,(H,17,18,19)/b4-3+. The van der Waals surface area contributed by atoms with E-state index in [0.29, 0.717) is 0 Å². The van der Waals surface area contributed by atoms with Crippen LogP contribution in [0.25, 0.3) is 6.08 Å². The Balaban J connectivity index is 1.70. The number of allylic oxidation sites excluding steroid dienone is 2. The van der Waals surface area contributed by atoms with E-state index in [1.54, 1.807) is 17.4 Å². The number of aromatic nitrogens is 2. The zero-order valence-electron chi connectivity index (χ0n) is 12.2. The van der Waals surface area contributed by atoms with Crippen molar-refractivity contribution in [3.8, 4) is 0 Å². The Morgan fingerprint density at radius 2 is 2.18 bits per heavy atom. The molecule has 0 spiro atoms. The first kappa shape index (κ1) is 14.7. The van der Waals surface area contributed by atoms with Gasteiger partial charge in [-0.2, -0.15) is 0 Å². The molecular weight excluding hydrogens is 296 g/mol. The Labute approximate surface area is 134 Å². The van der Waals surface area contributed by atoms with E-state index in [4.69, 9.17) is 4.74 Å². The topological polar surface area (TPSA) is 50.3 Å². The van der Waals surface area contributed by atoms with Gasteiger partial charge in [0.2, 0.25) is 0 Å². The molecule has 0 atom stereocenters. The number of ether oxygens (including phenoxy) is 1. The smallest absolute Gasteiger partial charge is 0.188 e. The Morgan fingerprint density at radius 3 is 3.00 bits per heavy atom. The molecule has 1 aliphatic rings. The maximum atomic E-state index is 5.39. The van der Waals surface area contributed by atoms with Crippen LogP contribution in [0.2, 0.25) is 0 Å². The van der Waals surface area contributed by atoms with Crippen molar-refractivity contribution in [1.29, 1.82) is 0 Å². The number of anilines is 3. The van der Waals surface area contributed by atoms with Crippen molar-refractivity contribution < 1.29 is 4.74 Å². The fraction of sp³-hybridized carbons (Fsp3) is 0.250. The van der Waals surface area contributed by atoms with Gasteiger partial charge in [-0.1, -0.05) is 30.1 Å². The summed E-state index contributed by atoms with van der Waals surface area (Å²) in [5.74, 6) is 0.803. The van der Waals surface area contributed by atoms with Gasteiger partial charge in [0.1, 0.15) is 5.82 Å². The molecular formula is C16H18N4OS. The quantitative estimate of drug-likeness (QED) is 0.858. The summed E-state index contributed by atoms with van der Waals surface area (Å²) in [5.41, 5.74) is 1.16. The molecule has 2 aromatic rings. The second kappa shape index (κ2) is 7.20. The monoisotopic (exact) mass is 314 g/mol. The highest BCUT2D eigenvalue weighted by Crippen LogP contribution is 2.25. The summed E-state index contributed by atoms with van der Waals surface area (Å²) in [5, 5.41) is 4.09. The Morgan fingerprint density at radius 1 is 1.32 bits per heavy atom. The van der Waals surface area contributed by atoms with Crippen LogP contribution in [0.15, 0.2) is 43.3 Å². The van der Waals surface area contributed by atoms with Crippen LogP contribution in [0.5, 0.6) is 0 Å². The highest BCUT2D eigenvalue weighted by Gasteiger charge is 2.12. The SMILES string of the molecule is C=C/C=C/c1cnc(Nc2cc(N3CCOCC3)ccn2)s1. The third kappa shape index (κ3) is 3.72. The molecule has 1 aliphatic heterocycles. The normalized spacial score (nSPS) is 15.2. The first-order valence-corrected chi connectivity index (χ1v) is 7.97. The van der Waals surface area contributed by atoms with Gasteiger partial charge < -0.3 is 15.0 Å². The third-order valence-electron chi connectivity index (χ3n) is 3.27. The molecule has 1 N–H and O–H groups in total. The number of hydrogen-bond donors (Lipinski definition) is 1. The molecule has 1 saturated heterocycles. The lowest BCUT2D eigenvalue weighted by molar-refractivity contribution is 0.122. The van der Waals surface area contributed by atoms with Crippen LogP contribution >= 0.6 is 11.3 Å². The molecule has 22 heavy (non-hydrogen) atoms. The molecule has 0 saturated carbocycles. The van der Waals surface area contributed by atoms with Crippen LogP contribution < -0.4 is 10.2 Å². The number of hydrogen-bond acceptors (Lipinski definition) is 6. The molecule has 2 aromatic heterocycles. The predicted octanol–water partition coefficient (Wildman–Crippen LogP) is 3.32. The van der Waals surface area contributed by atoms with Crippen LogP contribution in [-0.4, -0.2) is 36.3 Å². The summed E-state index contributed by atoms with van der Waals surface area (Å²) in [7, 11) is 0. The second-order valence-corrected chi connectivity index (χ2v) is 5.85. The van der Waals surface area contributed by atoms with E-state index in [1.807, 2.05) is 36.7 Å². The second-order valence-electron chi connectivity index (χ2n) is 4.79. The van der Waals surface area contributed by atoms with E-state index >= 15 is 0 Å². The fourth-order valence-corrected chi connectivity index (χ4v) is 2.94. The molecule has 0 aromatic carbocycles. The van der Waals surface area contributed by atoms with E-state index in [0.717, 1.165) is 47.8 Å². The average Bonchev–Trinajstić information content (AvgIpc) is 3.01. The molecule has 0 amide bonds. The number of morpholine rings is 1. The number of rotatable bonds is 5. The van der Waals surface area contributed by atoms with Gasteiger partial charge in [-0.05, 0) is 12.1 Å². The van der Waals surface area contributed by atoms with Gasteiger partial charge in [0.05, 0.1) is 13.2 Å². The van der Waals surface area contributed by atoms with Crippen LogP contribution in [-0.2, 0) is 4.74 Å². The van der Waals surface area contributed by atoms with Crippen LogP contribution in [0.1, 0.15) is 4.88 Å². The maximum absolute atomic E-state index is 5.39. The van der Waals surface area contributed by atoms with Gasteiger partial charge in [0.15, 0.2) is 5.13 Å². The highest BCUT2D eigenvalue weighted by molar-refractivity contribution is 7.16. The zero-order valence-corrected chi connectivity index (χ0v) is 13.1. The third-order valence-corrected chi connectivity index (χ3v) is 4.15. The average molecular weight is 314 g/mol. The fourth-order valence-electron chi connectivity index (χ4n) is 2.20. The molecule has 5 nitrogen and oxygen atoms in total. The van der Waals surface area contributed by atoms with Crippen molar-refractivity contribution in [1.82, 2.24) is 9.97 Å². The summed E-state index contributed by atoms with van der Waals surface area (Å²) in [6.45, 7) is 7.04. The van der Waals surface area contributed by atoms with Crippen LogP contribution in [0.3, 0.4) is 0 Å². The van der Waals surface area contributed by atoms with Gasteiger partial charge in [0, 0.05) is 42.1 Å². The van der Waals surface area contributed by atoms with Crippen LogP contribution in [0.4, 0.5) is 16.6 Å². The summed E-state index contributed by atoms with van der Waals surface area (Å²) < 4.78 is 5.39. The van der Waals surface area contributed by atoms with E-state index < -0.39 is 0 Å². The highest BCUT2D eigenvalue weighted by atomic mass is 32.1. The molecule has 114 valence electrons. The lowest BCUT2D eigenvalue weighted by Crippen LogP contribution is -2.36. The lowest BCUT2D eigenvalue weighted by Gasteiger charge is -2.28. The molecule has 1 fully saturated rings. The van der Waals surface area contributed by atoms with Crippen molar-refractivity contribution >= 4 is 34.0 Å². The molecule has 0 unspecified atom stereocenters. The first-order valence-electron chi connectivity index (χ1n) is 7.16. The summed E-state index contributed by atoms with van der Waals surface area (Å²) >= 11 is 1.58. The Kier molecular flexibility index (Phi) is 4.82. The molecule has 0 bridgehead atoms. The number of thiazole rings is 1. The van der Waals surface area contributed by atoms with Crippen molar-refractivity contribution in [2.24, 2.45) is 0 Å². The maximum Gasteiger partial charge on any atom is 0.188 e. The lowest BCUT2D eigenvalue weighted by atomic mass is 10.3. The van der Waals surface area contributed by atoms with Crippen molar-refractivity contribution in [2.45, 2.75) is 0 Å². The van der Waals surface area contributed by atoms with E-state index in [-0.39, 0.29) is 0 Å². The van der Waals surface area contributed by atoms with Gasteiger partial charge in [0.25, 0.3) is 0 Å². The van der Waals surface area contributed by atoms with Gasteiger partial charge in [-0.15, -0.1) is 0 Å². The minimum absolute atomic E-state index is 0.774. The number of nitrogens with zero attached hydrogens (tertiary/aromatic N) is 3. The van der Waals surface area contributed by atoms with E-state index in [1.165, 1.54) is 0 Å². The summed E-state index contributed by atoms with van der Waals surface area (Å²) in [6, 6.07) is 4.07. The largest absolute Gasteiger partial charge is 0.378 e. The van der Waals surface area contributed by atoms with Crippen LogP contribution in [0, 0.1) is 0 Å². The predicted molar refractivity (Wildman–Crippen MR) is 91.9 cm³/mol. The van der Waals surface area contributed by atoms with Crippen molar-refractivity contribution in [3.63, 3.8) is 0 Å². The molecule has 6 heteroatoms.